The number of anilines is 1. The quantitative estimate of drug-likeness (QED) is 0.193. The largest absolute Gasteiger partial charge is 0.311 e. The number of fused-ring (bicyclic) bond motifs is 1. The lowest BCUT2D eigenvalue weighted by Gasteiger charge is -2.22. The van der Waals surface area contributed by atoms with Crippen LogP contribution in [0.25, 0.3) is 27.8 Å². The Morgan fingerprint density at radius 1 is 0.881 bits per heavy atom. The molecule has 1 fully saturated rings. The molecular weight excluding hydrogens is 567 g/mol. The molecule has 1 aromatic heterocycles. The van der Waals surface area contributed by atoms with Crippen LogP contribution in [0.4, 0.5) is 5.69 Å². The second-order valence-electron chi connectivity index (χ2n) is 10.0. The van der Waals surface area contributed by atoms with Crippen LogP contribution in [-0.2, 0) is 14.8 Å². The molecule has 1 aliphatic heterocycles. The molecule has 10 heteroatoms. The third-order valence-corrected chi connectivity index (χ3v) is 10.3. The van der Waals surface area contributed by atoms with Crippen molar-refractivity contribution in [2.45, 2.75) is 29.8 Å². The highest BCUT2D eigenvalue weighted by Crippen LogP contribution is 2.32. The van der Waals surface area contributed by atoms with Crippen LogP contribution in [0, 0.1) is 0 Å². The van der Waals surface area contributed by atoms with Crippen molar-refractivity contribution in [1.29, 1.82) is 0 Å². The monoisotopic (exact) mass is 597 g/mol. The van der Waals surface area contributed by atoms with E-state index in [1.165, 1.54) is 16.1 Å². The maximum absolute atomic E-state index is 13.6. The van der Waals surface area contributed by atoms with Gasteiger partial charge in [0.2, 0.25) is 15.9 Å². The number of rotatable bonds is 9. The number of benzene rings is 4. The average molecular weight is 598 g/mol. The first-order chi connectivity index (χ1) is 20.5. The molecule has 0 atom stereocenters. The zero-order chi connectivity index (χ0) is 29.1. The Morgan fingerprint density at radius 3 is 2.38 bits per heavy atom. The van der Waals surface area contributed by atoms with E-state index in [-0.39, 0.29) is 16.6 Å². The summed E-state index contributed by atoms with van der Waals surface area (Å²) >= 11 is 1.31. The Labute approximate surface area is 250 Å². The van der Waals surface area contributed by atoms with Crippen molar-refractivity contribution in [3.05, 3.63) is 97.1 Å². The average Bonchev–Trinajstić information content (AvgIpc) is 3.73. The van der Waals surface area contributed by atoms with Crippen molar-refractivity contribution in [2.24, 2.45) is 0 Å². The first kappa shape index (κ1) is 28.1. The number of hydrogen-bond acceptors (Lipinski definition) is 6. The number of hydrogen-bond donors (Lipinski definition) is 0. The molecule has 0 N–H and O–H groups in total. The Kier molecular flexibility index (Phi) is 8.10. The number of carbonyl (C=O) groups excluding carboxylic acids is 1. The van der Waals surface area contributed by atoms with E-state index < -0.39 is 10.0 Å². The van der Waals surface area contributed by atoms with Crippen LogP contribution < -0.4 is 4.90 Å². The van der Waals surface area contributed by atoms with E-state index in [0.717, 1.165) is 35.0 Å². The van der Waals surface area contributed by atoms with E-state index in [0.29, 0.717) is 36.2 Å². The molecular formula is C32H31N5O3S2. The third-order valence-electron chi connectivity index (χ3n) is 7.44. The highest BCUT2D eigenvalue weighted by atomic mass is 32.2. The van der Waals surface area contributed by atoms with Gasteiger partial charge in [0.05, 0.1) is 16.3 Å². The molecule has 1 aliphatic rings. The van der Waals surface area contributed by atoms with Gasteiger partial charge in [-0.1, -0.05) is 78.5 Å². The Hall–Kier alpha value is -3.99. The van der Waals surface area contributed by atoms with Gasteiger partial charge in [0.15, 0.2) is 11.0 Å². The summed E-state index contributed by atoms with van der Waals surface area (Å²) in [5.41, 5.74) is 2.33. The van der Waals surface area contributed by atoms with Crippen LogP contribution in [0.2, 0.25) is 0 Å². The molecule has 0 spiro atoms. The normalized spacial score (nSPS) is 13.9. The van der Waals surface area contributed by atoms with Crippen LogP contribution in [0.3, 0.4) is 0 Å². The number of nitrogens with zero attached hydrogens (tertiary/aromatic N) is 5. The highest BCUT2D eigenvalue weighted by Gasteiger charge is 2.28. The van der Waals surface area contributed by atoms with Crippen molar-refractivity contribution in [3.63, 3.8) is 0 Å². The molecule has 0 saturated carbocycles. The summed E-state index contributed by atoms with van der Waals surface area (Å²) in [5.74, 6) is 0.628. The lowest BCUT2D eigenvalue weighted by atomic mass is 10.1. The molecule has 0 unspecified atom stereocenters. The Bertz CT molecular complexity index is 1830. The SMILES string of the molecule is CCN(C(=O)CSc1nnc(-c2cccc(S(=O)(=O)N3CCCC3)c2)n1-c1ccccc1)c1cccc2ccccc12. The zero-order valence-corrected chi connectivity index (χ0v) is 24.9. The number of aromatic nitrogens is 3. The molecule has 214 valence electrons. The van der Waals surface area contributed by atoms with Gasteiger partial charge in [0.1, 0.15) is 0 Å². The lowest BCUT2D eigenvalue weighted by molar-refractivity contribution is -0.116. The molecule has 42 heavy (non-hydrogen) atoms. The van der Waals surface area contributed by atoms with E-state index in [9.17, 15) is 13.2 Å². The van der Waals surface area contributed by atoms with Crippen LogP contribution >= 0.6 is 11.8 Å². The van der Waals surface area contributed by atoms with Crippen molar-refractivity contribution < 1.29 is 13.2 Å². The minimum absolute atomic E-state index is 0.0401. The maximum atomic E-state index is 13.6. The summed E-state index contributed by atoms with van der Waals surface area (Å²) in [5, 5.41) is 11.6. The fourth-order valence-electron chi connectivity index (χ4n) is 5.36. The second kappa shape index (κ2) is 12.1. The van der Waals surface area contributed by atoms with Crippen molar-refractivity contribution in [3.8, 4) is 17.1 Å². The van der Waals surface area contributed by atoms with Gasteiger partial charge < -0.3 is 4.90 Å². The summed E-state index contributed by atoms with van der Waals surface area (Å²) in [6.07, 6.45) is 1.74. The summed E-state index contributed by atoms with van der Waals surface area (Å²) < 4.78 is 30.0. The number of thioether (sulfide) groups is 1. The van der Waals surface area contributed by atoms with E-state index in [4.69, 9.17) is 0 Å². The lowest BCUT2D eigenvalue weighted by Crippen LogP contribution is -2.32. The Morgan fingerprint density at radius 2 is 1.60 bits per heavy atom. The zero-order valence-electron chi connectivity index (χ0n) is 23.3. The van der Waals surface area contributed by atoms with Gasteiger partial charge in [-0.3, -0.25) is 9.36 Å². The van der Waals surface area contributed by atoms with E-state index in [1.807, 2.05) is 90.4 Å². The predicted octanol–water partition coefficient (Wildman–Crippen LogP) is 6.02. The van der Waals surface area contributed by atoms with Gasteiger partial charge in [-0.25, -0.2) is 8.42 Å². The van der Waals surface area contributed by atoms with Crippen LogP contribution in [-0.4, -0.2) is 58.8 Å². The van der Waals surface area contributed by atoms with Crippen LogP contribution in [0.15, 0.2) is 107 Å². The van der Waals surface area contributed by atoms with E-state index in [2.05, 4.69) is 10.2 Å². The van der Waals surface area contributed by atoms with Crippen molar-refractivity contribution >= 4 is 44.2 Å². The topological polar surface area (TPSA) is 88.4 Å². The van der Waals surface area contributed by atoms with Crippen LogP contribution in [0.1, 0.15) is 19.8 Å². The molecule has 0 bridgehead atoms. The molecule has 2 heterocycles. The molecule has 5 aromatic rings. The fraction of sp³-hybridized carbons (Fsp3) is 0.219. The predicted molar refractivity (Wildman–Crippen MR) is 167 cm³/mol. The van der Waals surface area contributed by atoms with Crippen molar-refractivity contribution in [2.75, 3.05) is 30.3 Å². The summed E-state index contributed by atoms with van der Waals surface area (Å²) in [7, 11) is -3.60. The molecule has 1 amide bonds. The van der Waals surface area contributed by atoms with E-state index >= 15 is 0 Å². The van der Waals surface area contributed by atoms with Crippen LogP contribution in [0.5, 0.6) is 0 Å². The van der Waals surface area contributed by atoms with Gasteiger partial charge in [0.25, 0.3) is 0 Å². The molecule has 8 nitrogen and oxygen atoms in total. The van der Waals surface area contributed by atoms with Gasteiger partial charge in [-0.05, 0) is 55.5 Å². The first-order valence-corrected chi connectivity index (χ1v) is 16.4. The highest BCUT2D eigenvalue weighted by molar-refractivity contribution is 7.99. The van der Waals surface area contributed by atoms with Gasteiger partial charge >= 0.3 is 0 Å². The van der Waals surface area contributed by atoms with E-state index in [1.54, 1.807) is 23.1 Å². The smallest absolute Gasteiger partial charge is 0.243 e. The molecule has 4 aromatic carbocycles. The molecule has 0 aliphatic carbocycles. The van der Waals surface area contributed by atoms with Gasteiger partial charge in [0, 0.05) is 36.3 Å². The minimum atomic E-state index is -3.60. The second-order valence-corrected chi connectivity index (χ2v) is 12.9. The standard InChI is InChI=1S/C32H31N5O3S2/c1-2-36(29-19-11-13-24-12-6-7-18-28(24)29)30(38)23-41-32-34-33-31(37(32)26-15-4-3-5-16-26)25-14-10-17-27(22-25)42(39,40)35-20-8-9-21-35/h3-7,10-19,22H,2,8-9,20-21,23H2,1H3. The van der Waals surface area contributed by atoms with Crippen molar-refractivity contribution in [1.82, 2.24) is 19.1 Å². The van der Waals surface area contributed by atoms with Gasteiger partial charge in [-0.15, -0.1) is 10.2 Å². The number of carbonyl (C=O) groups is 1. The third kappa shape index (κ3) is 5.45. The van der Waals surface area contributed by atoms with Gasteiger partial charge in [-0.2, -0.15) is 4.31 Å². The number of sulfonamides is 1. The summed E-state index contributed by atoms with van der Waals surface area (Å²) in [6.45, 7) is 3.57. The number of para-hydroxylation sites is 1. The molecule has 1 saturated heterocycles. The summed E-state index contributed by atoms with van der Waals surface area (Å²) in [6, 6.07) is 30.6. The minimum Gasteiger partial charge on any atom is -0.311 e. The summed E-state index contributed by atoms with van der Waals surface area (Å²) in [4.78, 5) is 15.6. The first-order valence-electron chi connectivity index (χ1n) is 14.0. The fourth-order valence-corrected chi connectivity index (χ4v) is 7.75. The molecule has 0 radical (unpaired) electrons. The number of amides is 1. The Balaban J connectivity index is 1.32. The molecule has 6 rings (SSSR count). The maximum Gasteiger partial charge on any atom is 0.243 e.